The lowest BCUT2D eigenvalue weighted by Crippen LogP contribution is -2.27. The summed E-state index contributed by atoms with van der Waals surface area (Å²) in [4.78, 5) is 12.3. The number of aryl methyl sites for hydroxylation is 1. The third-order valence-electron chi connectivity index (χ3n) is 3.36. The normalized spacial score (nSPS) is 10.6. The van der Waals surface area contributed by atoms with E-state index in [-0.39, 0.29) is 5.91 Å². The van der Waals surface area contributed by atoms with Crippen molar-refractivity contribution in [1.29, 1.82) is 0 Å². The average molecular weight is 286 g/mol. The van der Waals surface area contributed by atoms with Crippen LogP contribution in [-0.2, 0) is 19.9 Å². The summed E-state index contributed by atoms with van der Waals surface area (Å²) in [5, 5.41) is 10.2. The minimum Gasteiger partial charge on any atom is -0.352 e. The highest BCUT2D eigenvalue weighted by molar-refractivity contribution is 5.95. The Hall–Kier alpha value is -2.14. The zero-order valence-electron chi connectivity index (χ0n) is 12.6. The lowest BCUT2D eigenvalue weighted by molar-refractivity contribution is 0.0953. The fraction of sp³-hybridized carbons (Fsp3) is 0.375. The Kier molecular flexibility index (Phi) is 5.51. The van der Waals surface area contributed by atoms with Gasteiger partial charge in [0.05, 0.1) is 6.20 Å². The first-order valence-electron chi connectivity index (χ1n) is 7.19. The van der Waals surface area contributed by atoms with Gasteiger partial charge in [0.2, 0.25) is 0 Å². The molecule has 0 unspecified atom stereocenters. The summed E-state index contributed by atoms with van der Waals surface area (Å²) in [5.41, 5.74) is 2.96. The lowest BCUT2D eigenvalue weighted by Gasteiger charge is -2.09. The van der Waals surface area contributed by atoms with Crippen LogP contribution in [0.1, 0.15) is 21.5 Å². The van der Waals surface area contributed by atoms with Crippen LogP contribution < -0.4 is 10.6 Å². The SMILES string of the molecule is CNCCc1ccccc1C(=O)NCCc1cnn(C)c1. The highest BCUT2D eigenvalue weighted by Crippen LogP contribution is 2.09. The van der Waals surface area contributed by atoms with Gasteiger partial charge in [-0.2, -0.15) is 5.10 Å². The van der Waals surface area contributed by atoms with Gasteiger partial charge in [-0.1, -0.05) is 18.2 Å². The number of likely N-dealkylation sites (N-methyl/N-ethyl adjacent to an activating group) is 1. The third kappa shape index (κ3) is 4.43. The summed E-state index contributed by atoms with van der Waals surface area (Å²) in [6.45, 7) is 1.48. The number of rotatable bonds is 7. The van der Waals surface area contributed by atoms with E-state index in [1.165, 1.54) is 0 Å². The number of benzene rings is 1. The molecule has 1 aromatic heterocycles. The minimum absolute atomic E-state index is 0.00871. The zero-order chi connectivity index (χ0) is 15.1. The molecule has 2 rings (SSSR count). The van der Waals surface area contributed by atoms with E-state index in [9.17, 15) is 4.79 Å². The van der Waals surface area contributed by atoms with Crippen molar-refractivity contribution in [3.05, 3.63) is 53.3 Å². The molecule has 0 aliphatic heterocycles. The monoisotopic (exact) mass is 286 g/mol. The van der Waals surface area contributed by atoms with Crippen molar-refractivity contribution in [2.24, 2.45) is 7.05 Å². The molecule has 5 heteroatoms. The van der Waals surface area contributed by atoms with Crippen LogP contribution in [0.5, 0.6) is 0 Å². The van der Waals surface area contributed by atoms with Gasteiger partial charge in [0, 0.05) is 25.4 Å². The Morgan fingerprint density at radius 2 is 2.05 bits per heavy atom. The third-order valence-corrected chi connectivity index (χ3v) is 3.36. The Labute approximate surface area is 125 Å². The fourth-order valence-corrected chi connectivity index (χ4v) is 2.24. The van der Waals surface area contributed by atoms with Gasteiger partial charge in [-0.25, -0.2) is 0 Å². The standard InChI is InChI=1S/C16H22N4O/c1-17-9-8-14-5-3-4-6-15(14)16(21)18-10-7-13-11-19-20(2)12-13/h3-6,11-12,17H,7-10H2,1-2H3,(H,18,21). The summed E-state index contributed by atoms with van der Waals surface area (Å²) < 4.78 is 1.77. The summed E-state index contributed by atoms with van der Waals surface area (Å²) in [6.07, 6.45) is 5.43. The summed E-state index contributed by atoms with van der Waals surface area (Å²) >= 11 is 0. The molecule has 1 amide bonds. The molecular formula is C16H22N4O. The lowest BCUT2D eigenvalue weighted by atomic mass is 10.0. The molecule has 21 heavy (non-hydrogen) atoms. The van der Waals surface area contributed by atoms with Crippen molar-refractivity contribution in [3.8, 4) is 0 Å². The van der Waals surface area contributed by atoms with E-state index in [2.05, 4.69) is 15.7 Å². The van der Waals surface area contributed by atoms with Gasteiger partial charge in [0.1, 0.15) is 0 Å². The zero-order valence-corrected chi connectivity index (χ0v) is 12.6. The van der Waals surface area contributed by atoms with Crippen molar-refractivity contribution >= 4 is 5.91 Å². The van der Waals surface area contributed by atoms with E-state index in [1.54, 1.807) is 4.68 Å². The van der Waals surface area contributed by atoms with Crippen molar-refractivity contribution in [1.82, 2.24) is 20.4 Å². The maximum absolute atomic E-state index is 12.3. The van der Waals surface area contributed by atoms with Crippen LogP contribution >= 0.6 is 0 Å². The predicted molar refractivity (Wildman–Crippen MR) is 83.3 cm³/mol. The van der Waals surface area contributed by atoms with Gasteiger partial charge in [0.15, 0.2) is 0 Å². The summed E-state index contributed by atoms with van der Waals surface area (Å²) in [5.74, 6) is -0.00871. The van der Waals surface area contributed by atoms with Crippen LogP contribution in [0.15, 0.2) is 36.7 Å². The quantitative estimate of drug-likeness (QED) is 0.803. The summed E-state index contributed by atoms with van der Waals surface area (Å²) in [7, 11) is 3.80. The second-order valence-corrected chi connectivity index (χ2v) is 5.04. The number of aromatic nitrogens is 2. The molecule has 2 aromatic rings. The molecule has 0 fully saturated rings. The Balaban J connectivity index is 1.90. The molecule has 112 valence electrons. The molecule has 0 radical (unpaired) electrons. The van der Waals surface area contributed by atoms with E-state index in [1.807, 2.05) is 50.8 Å². The van der Waals surface area contributed by atoms with Gasteiger partial charge in [-0.05, 0) is 43.6 Å². The van der Waals surface area contributed by atoms with Gasteiger partial charge in [0.25, 0.3) is 5.91 Å². The van der Waals surface area contributed by atoms with Crippen LogP contribution in [0, 0.1) is 0 Å². The van der Waals surface area contributed by atoms with Crippen molar-refractivity contribution in [3.63, 3.8) is 0 Å². The van der Waals surface area contributed by atoms with E-state index in [0.717, 1.165) is 36.1 Å². The Morgan fingerprint density at radius 3 is 2.76 bits per heavy atom. The fourth-order valence-electron chi connectivity index (χ4n) is 2.24. The second kappa shape index (κ2) is 7.59. The maximum Gasteiger partial charge on any atom is 0.251 e. The van der Waals surface area contributed by atoms with Gasteiger partial charge in [-0.3, -0.25) is 9.48 Å². The number of hydrogen-bond acceptors (Lipinski definition) is 3. The van der Waals surface area contributed by atoms with E-state index >= 15 is 0 Å². The summed E-state index contributed by atoms with van der Waals surface area (Å²) in [6, 6.07) is 7.76. The Morgan fingerprint density at radius 1 is 1.24 bits per heavy atom. The molecule has 0 saturated carbocycles. The van der Waals surface area contributed by atoms with Crippen molar-refractivity contribution < 1.29 is 4.79 Å². The molecule has 0 aliphatic carbocycles. The van der Waals surface area contributed by atoms with E-state index < -0.39 is 0 Å². The molecule has 0 saturated heterocycles. The van der Waals surface area contributed by atoms with Crippen LogP contribution in [0.25, 0.3) is 0 Å². The smallest absolute Gasteiger partial charge is 0.251 e. The number of amides is 1. The first-order chi connectivity index (χ1) is 10.2. The highest BCUT2D eigenvalue weighted by Gasteiger charge is 2.10. The molecular weight excluding hydrogens is 264 g/mol. The number of nitrogens with zero attached hydrogens (tertiary/aromatic N) is 2. The molecule has 5 nitrogen and oxygen atoms in total. The molecule has 2 N–H and O–H groups in total. The second-order valence-electron chi connectivity index (χ2n) is 5.04. The van der Waals surface area contributed by atoms with Crippen molar-refractivity contribution in [2.75, 3.05) is 20.1 Å². The average Bonchev–Trinajstić information content (AvgIpc) is 2.91. The molecule has 1 aromatic carbocycles. The first-order valence-corrected chi connectivity index (χ1v) is 7.19. The van der Waals surface area contributed by atoms with Gasteiger partial charge < -0.3 is 10.6 Å². The van der Waals surface area contributed by atoms with E-state index in [0.29, 0.717) is 6.54 Å². The number of carbonyl (C=O) groups excluding carboxylic acids is 1. The number of nitrogens with one attached hydrogen (secondary N) is 2. The Bertz CT molecular complexity index is 591. The molecule has 0 atom stereocenters. The van der Waals surface area contributed by atoms with Crippen LogP contribution in [-0.4, -0.2) is 35.8 Å². The number of carbonyl (C=O) groups is 1. The predicted octanol–water partition coefficient (Wildman–Crippen LogP) is 1.15. The van der Waals surface area contributed by atoms with Gasteiger partial charge in [-0.15, -0.1) is 0 Å². The molecule has 0 spiro atoms. The van der Waals surface area contributed by atoms with Crippen LogP contribution in [0.4, 0.5) is 0 Å². The van der Waals surface area contributed by atoms with Crippen molar-refractivity contribution in [2.45, 2.75) is 12.8 Å². The molecule has 0 bridgehead atoms. The van der Waals surface area contributed by atoms with E-state index in [4.69, 9.17) is 0 Å². The van der Waals surface area contributed by atoms with Crippen LogP contribution in [0.3, 0.4) is 0 Å². The first kappa shape index (κ1) is 15.3. The minimum atomic E-state index is -0.00871. The molecule has 1 heterocycles. The van der Waals surface area contributed by atoms with Crippen LogP contribution in [0.2, 0.25) is 0 Å². The maximum atomic E-state index is 12.3. The number of hydrogen-bond donors (Lipinski definition) is 2. The highest BCUT2D eigenvalue weighted by atomic mass is 16.1. The topological polar surface area (TPSA) is 59.0 Å². The van der Waals surface area contributed by atoms with Gasteiger partial charge >= 0.3 is 0 Å². The molecule has 0 aliphatic rings. The largest absolute Gasteiger partial charge is 0.352 e.